The van der Waals surface area contributed by atoms with Gasteiger partial charge in [-0.3, -0.25) is 4.99 Å². The predicted octanol–water partition coefficient (Wildman–Crippen LogP) is 6.51. The molecule has 0 saturated heterocycles. The first-order chi connectivity index (χ1) is 13.6. The predicted molar refractivity (Wildman–Crippen MR) is 122 cm³/mol. The van der Waals surface area contributed by atoms with Crippen LogP contribution in [-0.4, -0.2) is 29.4 Å². The van der Waals surface area contributed by atoms with Crippen molar-refractivity contribution in [1.82, 2.24) is 0 Å². The Morgan fingerprint density at radius 1 is 1.24 bits per heavy atom. The van der Waals surface area contributed by atoms with Crippen molar-refractivity contribution in [2.45, 2.75) is 46.6 Å². The molecule has 4 nitrogen and oxygen atoms in total. The summed E-state index contributed by atoms with van der Waals surface area (Å²) in [6.45, 7) is 11.6. The van der Waals surface area contributed by atoms with E-state index >= 15 is 0 Å². The molecule has 1 aliphatic rings. The summed E-state index contributed by atoms with van der Waals surface area (Å²) >= 11 is 6.62. The van der Waals surface area contributed by atoms with Gasteiger partial charge in [0.15, 0.2) is 0 Å². The van der Waals surface area contributed by atoms with Gasteiger partial charge in [-0.05, 0) is 69.5 Å². The molecule has 5 heteroatoms. The van der Waals surface area contributed by atoms with Crippen molar-refractivity contribution in [1.29, 1.82) is 0 Å². The van der Waals surface area contributed by atoms with Gasteiger partial charge in [0.1, 0.15) is 0 Å². The average molecular weight is 411 g/mol. The van der Waals surface area contributed by atoms with E-state index in [-0.39, 0.29) is 11.1 Å². The van der Waals surface area contributed by atoms with Crippen LogP contribution in [-0.2, 0) is 0 Å². The van der Waals surface area contributed by atoms with Gasteiger partial charge in [0.25, 0.3) is 0 Å². The average Bonchev–Trinajstić information content (AvgIpc) is 2.64. The molecule has 1 heterocycles. The van der Waals surface area contributed by atoms with Gasteiger partial charge in [-0.1, -0.05) is 30.7 Å². The minimum atomic E-state index is -0.965. The zero-order valence-corrected chi connectivity index (χ0v) is 18.3. The second kappa shape index (κ2) is 8.03. The Morgan fingerprint density at radius 2 is 1.97 bits per heavy atom. The normalized spacial score (nSPS) is 15.4. The molecular weight excluding hydrogens is 384 g/mol. The zero-order chi connectivity index (χ0) is 21.3. The van der Waals surface area contributed by atoms with Crippen LogP contribution in [0, 0.1) is 6.92 Å². The molecule has 0 atom stereocenters. The summed E-state index contributed by atoms with van der Waals surface area (Å²) in [4.78, 5) is 18.2. The molecule has 0 bridgehead atoms. The summed E-state index contributed by atoms with van der Waals surface area (Å²) in [6, 6.07) is 9.02. The van der Waals surface area contributed by atoms with E-state index < -0.39 is 5.97 Å². The van der Waals surface area contributed by atoms with E-state index in [0.717, 1.165) is 35.3 Å². The fraction of sp³-hybridized carbons (Fsp3) is 0.333. The van der Waals surface area contributed by atoms with Crippen LogP contribution in [0.15, 0.2) is 41.4 Å². The third-order valence-corrected chi connectivity index (χ3v) is 5.67. The van der Waals surface area contributed by atoms with Gasteiger partial charge in [0, 0.05) is 29.6 Å². The largest absolute Gasteiger partial charge is 0.478 e. The number of carbonyl (C=O) groups is 1. The molecular formula is C24H27ClN2O2. The number of anilines is 1. The van der Waals surface area contributed by atoms with Crippen molar-refractivity contribution in [3.8, 4) is 0 Å². The van der Waals surface area contributed by atoms with Crippen molar-refractivity contribution in [2.75, 3.05) is 11.4 Å². The highest BCUT2D eigenvalue weighted by Gasteiger charge is 2.31. The lowest BCUT2D eigenvalue weighted by Crippen LogP contribution is -2.45. The SMILES string of the molecule is CCCN1c2cc(Cl)c(C=Nc3cc(C(=O)O)ccc3C)cc2C(C)=CC1(C)C. The number of benzene rings is 2. The van der Waals surface area contributed by atoms with Gasteiger partial charge in [0.05, 0.1) is 21.8 Å². The summed E-state index contributed by atoms with van der Waals surface area (Å²) in [5, 5.41) is 9.85. The van der Waals surface area contributed by atoms with E-state index in [1.54, 1.807) is 24.4 Å². The maximum atomic E-state index is 11.2. The Balaban J connectivity index is 2.04. The number of halogens is 1. The monoisotopic (exact) mass is 410 g/mol. The number of aliphatic imine (C=N–C) groups is 1. The lowest BCUT2D eigenvalue weighted by Gasteiger charge is -2.43. The quantitative estimate of drug-likeness (QED) is 0.571. The van der Waals surface area contributed by atoms with E-state index in [9.17, 15) is 9.90 Å². The van der Waals surface area contributed by atoms with E-state index in [1.807, 2.05) is 13.0 Å². The van der Waals surface area contributed by atoms with Crippen LogP contribution in [0.5, 0.6) is 0 Å². The molecule has 1 N–H and O–H groups in total. The minimum absolute atomic E-state index is 0.0690. The van der Waals surface area contributed by atoms with Gasteiger partial charge in [0.2, 0.25) is 0 Å². The third kappa shape index (κ3) is 4.23. The lowest BCUT2D eigenvalue weighted by atomic mass is 9.88. The number of hydrogen-bond donors (Lipinski definition) is 1. The Labute approximate surface area is 177 Å². The summed E-state index contributed by atoms with van der Waals surface area (Å²) in [5.74, 6) is -0.965. The number of hydrogen-bond acceptors (Lipinski definition) is 3. The van der Waals surface area contributed by atoms with Crippen molar-refractivity contribution >= 4 is 40.7 Å². The van der Waals surface area contributed by atoms with Crippen LogP contribution in [0.3, 0.4) is 0 Å². The molecule has 152 valence electrons. The maximum absolute atomic E-state index is 11.2. The molecule has 0 amide bonds. The molecule has 2 aromatic rings. The number of allylic oxidation sites excluding steroid dienone is 1. The van der Waals surface area contributed by atoms with Crippen LogP contribution < -0.4 is 4.90 Å². The summed E-state index contributed by atoms with van der Waals surface area (Å²) in [5.41, 5.74) is 6.01. The van der Waals surface area contributed by atoms with Gasteiger partial charge >= 0.3 is 5.97 Å². The van der Waals surface area contributed by atoms with Gasteiger partial charge in [-0.2, -0.15) is 0 Å². The second-order valence-corrected chi connectivity index (χ2v) is 8.50. The molecule has 0 saturated carbocycles. The Bertz CT molecular complexity index is 1020. The Morgan fingerprint density at radius 3 is 2.62 bits per heavy atom. The molecule has 0 aromatic heterocycles. The molecule has 0 spiro atoms. The number of nitrogens with zero attached hydrogens (tertiary/aromatic N) is 2. The Kier molecular flexibility index (Phi) is 5.85. The second-order valence-electron chi connectivity index (χ2n) is 8.09. The number of carboxylic acids is 1. The zero-order valence-electron chi connectivity index (χ0n) is 17.6. The number of aromatic carboxylic acids is 1. The summed E-state index contributed by atoms with van der Waals surface area (Å²) in [6.07, 6.45) is 5.06. The summed E-state index contributed by atoms with van der Waals surface area (Å²) < 4.78 is 0. The van der Waals surface area contributed by atoms with Crippen LogP contribution in [0.25, 0.3) is 5.57 Å². The van der Waals surface area contributed by atoms with E-state index in [1.165, 1.54) is 5.57 Å². The molecule has 0 radical (unpaired) electrons. The lowest BCUT2D eigenvalue weighted by molar-refractivity contribution is 0.0697. The van der Waals surface area contributed by atoms with Gasteiger partial charge < -0.3 is 10.0 Å². The highest BCUT2D eigenvalue weighted by atomic mass is 35.5. The molecule has 1 aliphatic heterocycles. The molecule has 2 aromatic carbocycles. The highest BCUT2D eigenvalue weighted by molar-refractivity contribution is 6.33. The van der Waals surface area contributed by atoms with Crippen LogP contribution >= 0.6 is 11.6 Å². The van der Waals surface area contributed by atoms with Crippen LogP contribution in [0.1, 0.15) is 61.2 Å². The number of carboxylic acid groups (broad SMARTS) is 1. The molecule has 3 rings (SSSR count). The maximum Gasteiger partial charge on any atom is 0.335 e. The van der Waals surface area contributed by atoms with Crippen molar-refractivity contribution in [2.24, 2.45) is 4.99 Å². The highest BCUT2D eigenvalue weighted by Crippen LogP contribution is 2.41. The number of rotatable bonds is 5. The van der Waals surface area contributed by atoms with Gasteiger partial charge in [-0.25, -0.2) is 4.79 Å². The molecule has 0 aliphatic carbocycles. The fourth-order valence-electron chi connectivity index (χ4n) is 3.87. The molecule has 0 unspecified atom stereocenters. The van der Waals surface area contributed by atoms with E-state index in [4.69, 9.17) is 11.6 Å². The van der Waals surface area contributed by atoms with Crippen molar-refractivity contribution in [3.63, 3.8) is 0 Å². The standard InChI is InChI=1S/C24H27ClN2O2/c1-6-9-27-22-12-20(25)18(10-19(22)16(3)13-24(27,4)5)14-26-21-11-17(23(28)29)8-7-15(21)2/h7-8,10-14H,6,9H2,1-5H3,(H,28,29). The van der Waals surface area contributed by atoms with Crippen LogP contribution in [0.2, 0.25) is 5.02 Å². The third-order valence-electron chi connectivity index (χ3n) is 5.34. The van der Waals surface area contributed by atoms with E-state index in [0.29, 0.717) is 10.7 Å². The van der Waals surface area contributed by atoms with Gasteiger partial charge in [-0.15, -0.1) is 0 Å². The first kappa shape index (κ1) is 21.1. The fourth-order valence-corrected chi connectivity index (χ4v) is 4.07. The minimum Gasteiger partial charge on any atom is -0.478 e. The topological polar surface area (TPSA) is 52.9 Å². The number of fused-ring (bicyclic) bond motifs is 1. The van der Waals surface area contributed by atoms with E-state index in [2.05, 4.69) is 49.7 Å². The van der Waals surface area contributed by atoms with Crippen LogP contribution in [0.4, 0.5) is 11.4 Å². The van der Waals surface area contributed by atoms with Crippen molar-refractivity contribution in [3.05, 3.63) is 63.7 Å². The summed E-state index contributed by atoms with van der Waals surface area (Å²) in [7, 11) is 0. The van der Waals surface area contributed by atoms with Crippen molar-refractivity contribution < 1.29 is 9.90 Å². The first-order valence-corrected chi connectivity index (χ1v) is 10.2. The smallest absolute Gasteiger partial charge is 0.335 e. The first-order valence-electron chi connectivity index (χ1n) is 9.83. The molecule has 29 heavy (non-hydrogen) atoms. The molecule has 0 fully saturated rings. The Hall–Kier alpha value is -2.59. The number of aryl methyl sites for hydroxylation is 1.